The minimum atomic E-state index is -0.492. The molecule has 1 aliphatic heterocycles. The molecule has 0 spiro atoms. The summed E-state index contributed by atoms with van der Waals surface area (Å²) in [5, 5.41) is 6.36. The predicted molar refractivity (Wildman–Crippen MR) is 124 cm³/mol. The van der Waals surface area contributed by atoms with Crippen LogP contribution in [0.4, 0.5) is 5.69 Å². The Bertz CT molecular complexity index is 1130. The lowest BCUT2D eigenvalue weighted by Gasteiger charge is -2.11. The molecule has 2 aromatic carbocycles. The number of nitrogens with one attached hydrogen (secondary N) is 2. The Morgan fingerprint density at radius 1 is 1.16 bits per heavy atom. The zero-order valence-electron chi connectivity index (χ0n) is 16.5. The number of hydrogen-bond acceptors (Lipinski definition) is 5. The topological polar surface area (TPSA) is 96.9 Å². The van der Waals surface area contributed by atoms with E-state index in [9.17, 15) is 14.4 Å². The molecule has 160 valence electrons. The van der Waals surface area contributed by atoms with Crippen molar-refractivity contribution in [1.82, 2.24) is 5.32 Å². The van der Waals surface area contributed by atoms with E-state index in [1.54, 1.807) is 42.5 Å². The molecule has 31 heavy (non-hydrogen) atoms. The number of nitrogens with zero attached hydrogens (tertiary/aromatic N) is 1. The smallest absolute Gasteiger partial charge is 0.286 e. The summed E-state index contributed by atoms with van der Waals surface area (Å²) in [4.78, 5) is 39.6. The monoisotopic (exact) mass is 477 g/mol. The van der Waals surface area contributed by atoms with E-state index in [0.717, 1.165) is 17.3 Å². The molecule has 0 aromatic heterocycles. The number of hydrogen-bond donors (Lipinski definition) is 2. The van der Waals surface area contributed by atoms with E-state index in [2.05, 4.69) is 15.6 Å². The van der Waals surface area contributed by atoms with Crippen LogP contribution in [-0.4, -0.2) is 29.5 Å². The highest BCUT2D eigenvalue weighted by atomic mass is 35.5. The molecular formula is C21H17Cl2N3O4S. The quantitative estimate of drug-likeness (QED) is 0.620. The van der Waals surface area contributed by atoms with Gasteiger partial charge < -0.3 is 15.4 Å². The van der Waals surface area contributed by atoms with Crippen LogP contribution in [0.2, 0.25) is 10.0 Å². The average Bonchev–Trinajstić information content (AvgIpc) is 3.02. The van der Waals surface area contributed by atoms with E-state index in [4.69, 9.17) is 27.9 Å². The van der Waals surface area contributed by atoms with Crippen LogP contribution in [0, 0.1) is 6.92 Å². The van der Waals surface area contributed by atoms with E-state index in [1.807, 2.05) is 6.92 Å². The van der Waals surface area contributed by atoms with Gasteiger partial charge in [-0.2, -0.15) is 4.99 Å². The lowest BCUT2D eigenvalue weighted by molar-refractivity contribution is -0.118. The van der Waals surface area contributed by atoms with Crippen molar-refractivity contribution in [2.75, 3.05) is 11.9 Å². The molecule has 10 heteroatoms. The molecule has 1 aliphatic rings. The first kappa shape index (κ1) is 22.9. The fourth-order valence-electron chi connectivity index (χ4n) is 2.53. The van der Waals surface area contributed by atoms with Gasteiger partial charge in [0.25, 0.3) is 11.8 Å². The van der Waals surface area contributed by atoms with Crippen LogP contribution in [0.3, 0.4) is 0 Å². The van der Waals surface area contributed by atoms with Crippen molar-refractivity contribution in [2.24, 2.45) is 4.99 Å². The standard InChI is InChI=1S/C21H17Cl2N3O4S/c1-11-3-5-15(9-16(11)23)25-19(28)10-30-17-6-4-14(22)7-13(17)8-18-20(29)26-21(31-18)24-12(2)27/h3-9H,10H2,1-2H3,(H,25,28)(H,24,26,27,29)/b18-8-. The number of amidine groups is 1. The molecule has 0 bridgehead atoms. The lowest BCUT2D eigenvalue weighted by atomic mass is 10.2. The van der Waals surface area contributed by atoms with Crippen molar-refractivity contribution in [3.05, 3.63) is 62.5 Å². The second kappa shape index (κ2) is 10.00. The normalized spacial score (nSPS) is 14.4. The Balaban J connectivity index is 1.70. The third-order valence-electron chi connectivity index (χ3n) is 3.98. The van der Waals surface area contributed by atoms with Crippen LogP contribution in [0.15, 0.2) is 46.3 Å². The van der Waals surface area contributed by atoms with Crippen LogP contribution in [0.5, 0.6) is 5.75 Å². The summed E-state index contributed by atoms with van der Waals surface area (Å²) < 4.78 is 5.64. The maximum absolute atomic E-state index is 12.3. The number of aliphatic imine (C=N–C) groups is 1. The first-order valence-electron chi connectivity index (χ1n) is 9.00. The Labute approximate surface area is 192 Å². The van der Waals surface area contributed by atoms with Crippen LogP contribution in [0.25, 0.3) is 6.08 Å². The summed E-state index contributed by atoms with van der Waals surface area (Å²) in [6, 6.07) is 10.0. The van der Waals surface area contributed by atoms with E-state index < -0.39 is 5.91 Å². The number of thioether (sulfide) groups is 1. The van der Waals surface area contributed by atoms with Crippen molar-refractivity contribution in [3.8, 4) is 5.75 Å². The first-order chi connectivity index (χ1) is 14.7. The highest BCUT2D eigenvalue weighted by Gasteiger charge is 2.23. The summed E-state index contributed by atoms with van der Waals surface area (Å²) in [7, 11) is 0. The largest absolute Gasteiger partial charge is 0.483 e. The molecular weight excluding hydrogens is 461 g/mol. The Morgan fingerprint density at radius 2 is 1.94 bits per heavy atom. The van der Waals surface area contributed by atoms with E-state index in [-0.39, 0.29) is 28.5 Å². The van der Waals surface area contributed by atoms with Crippen LogP contribution in [0.1, 0.15) is 18.1 Å². The first-order valence-corrected chi connectivity index (χ1v) is 10.6. The minimum Gasteiger partial charge on any atom is -0.483 e. The molecule has 0 saturated heterocycles. The average molecular weight is 478 g/mol. The summed E-state index contributed by atoms with van der Waals surface area (Å²) in [5.74, 6) is -0.840. The minimum absolute atomic E-state index is 0.199. The number of amides is 3. The summed E-state index contributed by atoms with van der Waals surface area (Å²) in [6.45, 7) is 2.93. The van der Waals surface area contributed by atoms with Crippen LogP contribution >= 0.6 is 35.0 Å². The van der Waals surface area contributed by atoms with Gasteiger partial charge in [0.15, 0.2) is 11.8 Å². The molecule has 1 heterocycles. The van der Waals surface area contributed by atoms with Crippen molar-refractivity contribution >= 4 is 69.6 Å². The summed E-state index contributed by atoms with van der Waals surface area (Å²) >= 11 is 13.2. The van der Waals surface area contributed by atoms with Gasteiger partial charge in [0.2, 0.25) is 5.91 Å². The molecule has 2 aromatic rings. The molecule has 2 N–H and O–H groups in total. The SMILES string of the molecule is CC(=O)NC1=NC(=O)/C(=C/c2cc(Cl)ccc2OCC(=O)Nc2ccc(C)c(Cl)c2)S1. The summed E-state index contributed by atoms with van der Waals surface area (Å²) in [5.41, 5.74) is 1.95. The van der Waals surface area contributed by atoms with Crippen molar-refractivity contribution in [2.45, 2.75) is 13.8 Å². The molecule has 3 rings (SSSR count). The van der Waals surface area contributed by atoms with Gasteiger partial charge in [-0.1, -0.05) is 29.3 Å². The molecule has 0 unspecified atom stereocenters. The molecule has 7 nitrogen and oxygen atoms in total. The van der Waals surface area contributed by atoms with Crippen LogP contribution < -0.4 is 15.4 Å². The Morgan fingerprint density at radius 3 is 2.65 bits per heavy atom. The highest BCUT2D eigenvalue weighted by Crippen LogP contribution is 2.32. The summed E-state index contributed by atoms with van der Waals surface area (Å²) in [6.07, 6.45) is 1.55. The van der Waals surface area contributed by atoms with Crippen molar-refractivity contribution < 1.29 is 19.1 Å². The third-order valence-corrected chi connectivity index (χ3v) is 5.52. The molecule has 0 atom stereocenters. The van der Waals surface area contributed by atoms with Gasteiger partial charge in [-0.15, -0.1) is 0 Å². The van der Waals surface area contributed by atoms with Crippen molar-refractivity contribution in [1.29, 1.82) is 0 Å². The van der Waals surface area contributed by atoms with Gasteiger partial charge in [-0.25, -0.2) is 0 Å². The molecule has 3 amide bonds. The molecule has 0 aliphatic carbocycles. The molecule has 0 saturated carbocycles. The second-order valence-electron chi connectivity index (χ2n) is 6.50. The number of rotatable bonds is 5. The maximum Gasteiger partial charge on any atom is 0.286 e. The third kappa shape index (κ3) is 6.33. The number of carbonyl (C=O) groups is 3. The Kier molecular flexibility index (Phi) is 7.37. The number of carbonyl (C=O) groups excluding carboxylic acids is 3. The lowest BCUT2D eigenvalue weighted by Crippen LogP contribution is -2.23. The fraction of sp³-hybridized carbons (Fsp3) is 0.143. The van der Waals surface area contributed by atoms with E-state index in [0.29, 0.717) is 27.0 Å². The Hall–Kier alpha value is -2.81. The zero-order chi connectivity index (χ0) is 22.5. The second-order valence-corrected chi connectivity index (χ2v) is 8.37. The highest BCUT2D eigenvalue weighted by molar-refractivity contribution is 8.18. The van der Waals surface area contributed by atoms with Crippen LogP contribution in [-0.2, 0) is 14.4 Å². The van der Waals surface area contributed by atoms with Gasteiger partial charge in [0.05, 0.1) is 4.91 Å². The number of aryl methyl sites for hydroxylation is 1. The van der Waals surface area contributed by atoms with Gasteiger partial charge in [0, 0.05) is 28.2 Å². The molecule has 0 fully saturated rings. The van der Waals surface area contributed by atoms with Gasteiger partial charge in [0.1, 0.15) is 5.75 Å². The maximum atomic E-state index is 12.3. The number of halogens is 2. The molecule has 0 radical (unpaired) electrons. The van der Waals surface area contributed by atoms with Gasteiger partial charge in [-0.05, 0) is 60.7 Å². The number of ether oxygens (including phenoxy) is 1. The van der Waals surface area contributed by atoms with Gasteiger partial charge in [-0.3, -0.25) is 14.4 Å². The predicted octanol–water partition coefficient (Wildman–Crippen LogP) is 4.43. The number of anilines is 1. The number of benzene rings is 2. The van der Waals surface area contributed by atoms with E-state index in [1.165, 1.54) is 6.92 Å². The fourth-order valence-corrected chi connectivity index (χ4v) is 3.74. The zero-order valence-corrected chi connectivity index (χ0v) is 18.8. The van der Waals surface area contributed by atoms with Crippen molar-refractivity contribution in [3.63, 3.8) is 0 Å². The van der Waals surface area contributed by atoms with Gasteiger partial charge >= 0.3 is 0 Å². The van der Waals surface area contributed by atoms with E-state index >= 15 is 0 Å².